The van der Waals surface area contributed by atoms with Gasteiger partial charge in [-0.25, -0.2) is 0 Å². The van der Waals surface area contributed by atoms with Gasteiger partial charge in [0.1, 0.15) is 4.99 Å². The summed E-state index contributed by atoms with van der Waals surface area (Å²) in [5.74, 6) is 0. The zero-order valence-corrected chi connectivity index (χ0v) is 14.1. The third-order valence-corrected chi connectivity index (χ3v) is 4.27. The number of nitrogens with zero attached hydrogens (tertiary/aromatic N) is 1. The molecule has 1 aromatic carbocycles. The van der Waals surface area contributed by atoms with E-state index in [1.807, 2.05) is 18.2 Å². The summed E-state index contributed by atoms with van der Waals surface area (Å²) in [6.45, 7) is 6.37. The molecule has 0 fully saturated rings. The topological polar surface area (TPSA) is 41.3 Å². The standard InChI is InChI=1S/C14H22BrN3S/c1-4-10(2)18(3)8-7-17-13-6-5-11(14(16)19)9-12(13)15/h5-6,9-10,17H,4,7-8H2,1-3H3,(H2,16,19). The van der Waals surface area contributed by atoms with E-state index in [0.29, 0.717) is 11.0 Å². The number of anilines is 1. The van der Waals surface area contributed by atoms with E-state index in [4.69, 9.17) is 18.0 Å². The Morgan fingerprint density at radius 1 is 1.53 bits per heavy atom. The normalized spacial score (nSPS) is 12.5. The van der Waals surface area contributed by atoms with Crippen molar-refractivity contribution < 1.29 is 0 Å². The fraction of sp³-hybridized carbons (Fsp3) is 0.500. The number of hydrogen-bond acceptors (Lipinski definition) is 3. The van der Waals surface area contributed by atoms with Gasteiger partial charge in [0.05, 0.1) is 0 Å². The molecule has 0 aliphatic heterocycles. The Kier molecular flexibility index (Phi) is 6.75. The van der Waals surface area contributed by atoms with Crippen molar-refractivity contribution in [3.8, 4) is 0 Å². The largest absolute Gasteiger partial charge is 0.389 e. The molecule has 0 saturated heterocycles. The summed E-state index contributed by atoms with van der Waals surface area (Å²) in [6.07, 6.45) is 1.17. The molecule has 0 spiro atoms. The molecule has 0 aliphatic rings. The van der Waals surface area contributed by atoms with E-state index in [-0.39, 0.29) is 0 Å². The summed E-state index contributed by atoms with van der Waals surface area (Å²) >= 11 is 8.49. The minimum atomic E-state index is 0.420. The van der Waals surface area contributed by atoms with Crippen LogP contribution in [0, 0.1) is 0 Å². The molecule has 19 heavy (non-hydrogen) atoms. The van der Waals surface area contributed by atoms with Crippen LogP contribution in [0.1, 0.15) is 25.8 Å². The Hall–Kier alpha value is -0.650. The summed E-state index contributed by atoms with van der Waals surface area (Å²) in [6, 6.07) is 6.50. The second kappa shape index (κ2) is 7.82. The van der Waals surface area contributed by atoms with Crippen LogP contribution in [0.25, 0.3) is 0 Å². The van der Waals surface area contributed by atoms with E-state index in [0.717, 1.165) is 28.8 Å². The monoisotopic (exact) mass is 343 g/mol. The molecule has 0 aliphatic carbocycles. The molecule has 0 heterocycles. The Labute approximate surface area is 129 Å². The van der Waals surface area contributed by atoms with Crippen LogP contribution in [0.3, 0.4) is 0 Å². The Balaban J connectivity index is 2.52. The molecule has 0 amide bonds. The van der Waals surface area contributed by atoms with Crippen molar-refractivity contribution in [1.29, 1.82) is 0 Å². The zero-order chi connectivity index (χ0) is 14.4. The second-order valence-electron chi connectivity index (χ2n) is 4.72. The van der Waals surface area contributed by atoms with Gasteiger partial charge in [-0.3, -0.25) is 0 Å². The fourth-order valence-corrected chi connectivity index (χ4v) is 2.36. The van der Waals surface area contributed by atoms with Crippen molar-refractivity contribution in [1.82, 2.24) is 4.90 Å². The van der Waals surface area contributed by atoms with Crippen LogP contribution in [0.4, 0.5) is 5.69 Å². The quantitative estimate of drug-likeness (QED) is 0.746. The number of halogens is 1. The minimum Gasteiger partial charge on any atom is -0.389 e. The highest BCUT2D eigenvalue weighted by Gasteiger charge is 2.07. The lowest BCUT2D eigenvalue weighted by Crippen LogP contribution is -2.32. The van der Waals surface area contributed by atoms with Crippen LogP contribution in [0.2, 0.25) is 0 Å². The molecular weight excluding hydrogens is 322 g/mol. The van der Waals surface area contributed by atoms with E-state index in [1.165, 1.54) is 6.42 Å². The predicted octanol–water partition coefficient (Wildman–Crippen LogP) is 3.23. The molecule has 1 unspecified atom stereocenters. The van der Waals surface area contributed by atoms with Gasteiger partial charge in [0, 0.05) is 34.9 Å². The van der Waals surface area contributed by atoms with Gasteiger partial charge < -0.3 is 16.0 Å². The maximum atomic E-state index is 5.60. The molecule has 1 aromatic rings. The number of benzene rings is 1. The van der Waals surface area contributed by atoms with E-state index in [1.54, 1.807) is 0 Å². The van der Waals surface area contributed by atoms with E-state index >= 15 is 0 Å². The summed E-state index contributed by atoms with van der Waals surface area (Å²) in [5.41, 5.74) is 7.55. The summed E-state index contributed by atoms with van der Waals surface area (Å²) in [4.78, 5) is 2.77. The van der Waals surface area contributed by atoms with Crippen molar-refractivity contribution in [2.45, 2.75) is 26.3 Å². The van der Waals surface area contributed by atoms with Crippen LogP contribution in [0.5, 0.6) is 0 Å². The molecule has 3 N–H and O–H groups in total. The maximum absolute atomic E-state index is 5.60. The number of rotatable bonds is 7. The van der Waals surface area contributed by atoms with Crippen molar-refractivity contribution >= 4 is 38.8 Å². The zero-order valence-electron chi connectivity index (χ0n) is 11.7. The lowest BCUT2D eigenvalue weighted by atomic mass is 10.2. The first-order valence-electron chi connectivity index (χ1n) is 6.49. The van der Waals surface area contributed by atoms with Gasteiger partial charge in [-0.2, -0.15) is 0 Å². The van der Waals surface area contributed by atoms with E-state index < -0.39 is 0 Å². The van der Waals surface area contributed by atoms with Gasteiger partial charge in [-0.1, -0.05) is 19.1 Å². The SMILES string of the molecule is CCC(C)N(C)CCNc1ccc(C(N)=S)cc1Br. The number of hydrogen-bond donors (Lipinski definition) is 2. The lowest BCUT2D eigenvalue weighted by molar-refractivity contribution is 0.261. The Morgan fingerprint density at radius 2 is 2.21 bits per heavy atom. The molecule has 3 nitrogen and oxygen atoms in total. The van der Waals surface area contributed by atoms with E-state index in [9.17, 15) is 0 Å². The summed E-state index contributed by atoms with van der Waals surface area (Å²) in [5, 5.41) is 3.42. The molecule has 0 aromatic heterocycles. The fourth-order valence-electron chi connectivity index (χ4n) is 1.71. The Morgan fingerprint density at radius 3 is 2.74 bits per heavy atom. The third kappa shape index (κ3) is 5.09. The molecule has 0 bridgehead atoms. The van der Waals surface area contributed by atoms with E-state index in [2.05, 4.69) is 47.0 Å². The third-order valence-electron chi connectivity index (χ3n) is 3.38. The van der Waals surface area contributed by atoms with Crippen LogP contribution in [-0.2, 0) is 0 Å². The first kappa shape index (κ1) is 16.4. The van der Waals surface area contributed by atoms with Crippen LogP contribution < -0.4 is 11.1 Å². The first-order valence-corrected chi connectivity index (χ1v) is 7.69. The van der Waals surface area contributed by atoms with Crippen LogP contribution in [-0.4, -0.2) is 36.1 Å². The van der Waals surface area contributed by atoms with Gasteiger partial charge in [0.25, 0.3) is 0 Å². The molecule has 1 atom stereocenters. The molecular formula is C14H22BrN3S. The number of likely N-dealkylation sites (N-methyl/N-ethyl adjacent to an activating group) is 1. The van der Waals surface area contributed by atoms with Crippen molar-refractivity contribution in [3.05, 3.63) is 28.2 Å². The average Bonchev–Trinajstić information content (AvgIpc) is 2.39. The molecule has 0 radical (unpaired) electrons. The van der Waals surface area contributed by atoms with Crippen molar-refractivity contribution in [2.75, 3.05) is 25.5 Å². The number of thiocarbonyl (C=S) groups is 1. The van der Waals surface area contributed by atoms with Gasteiger partial charge >= 0.3 is 0 Å². The summed E-state index contributed by atoms with van der Waals surface area (Å²) < 4.78 is 0.990. The van der Waals surface area contributed by atoms with Crippen LogP contribution in [0.15, 0.2) is 22.7 Å². The number of nitrogens with two attached hydrogens (primary N) is 1. The van der Waals surface area contributed by atoms with Gasteiger partial charge in [-0.05, 0) is 54.5 Å². The molecule has 106 valence electrons. The highest BCUT2D eigenvalue weighted by Crippen LogP contribution is 2.23. The predicted molar refractivity (Wildman–Crippen MR) is 90.9 cm³/mol. The molecule has 1 rings (SSSR count). The van der Waals surface area contributed by atoms with Gasteiger partial charge in [0.2, 0.25) is 0 Å². The van der Waals surface area contributed by atoms with Gasteiger partial charge in [0.15, 0.2) is 0 Å². The highest BCUT2D eigenvalue weighted by atomic mass is 79.9. The smallest absolute Gasteiger partial charge is 0.104 e. The lowest BCUT2D eigenvalue weighted by Gasteiger charge is -2.23. The van der Waals surface area contributed by atoms with Crippen LogP contribution >= 0.6 is 28.1 Å². The molecule has 0 saturated carbocycles. The second-order valence-corrected chi connectivity index (χ2v) is 6.02. The average molecular weight is 344 g/mol. The highest BCUT2D eigenvalue weighted by molar-refractivity contribution is 9.10. The summed E-state index contributed by atoms with van der Waals surface area (Å²) in [7, 11) is 2.15. The van der Waals surface area contributed by atoms with Crippen molar-refractivity contribution in [2.24, 2.45) is 5.73 Å². The van der Waals surface area contributed by atoms with Gasteiger partial charge in [-0.15, -0.1) is 0 Å². The Bertz CT molecular complexity index is 437. The van der Waals surface area contributed by atoms with Crippen molar-refractivity contribution in [3.63, 3.8) is 0 Å². The first-order chi connectivity index (χ1) is 8.95. The maximum Gasteiger partial charge on any atom is 0.104 e. The number of nitrogens with one attached hydrogen (secondary N) is 1. The minimum absolute atomic E-state index is 0.420. The molecule has 5 heteroatoms.